The minimum atomic E-state index is -0.397. The first-order valence-corrected chi connectivity index (χ1v) is 7.92. The number of halogens is 1. The maximum Gasteiger partial charge on any atom is 0.249 e. The Bertz CT molecular complexity index is 311. The molecule has 2 aliphatic rings. The molecule has 2 aliphatic heterocycles. The predicted octanol–water partition coefficient (Wildman–Crippen LogP) is 1.64. The molecule has 0 spiro atoms. The molecular weight excluding hydrogens is 292 g/mol. The van der Waals surface area contributed by atoms with Crippen molar-refractivity contribution in [3.8, 4) is 0 Å². The number of nitrogens with one attached hydrogen (secondary N) is 2. The third-order valence-electron chi connectivity index (χ3n) is 4.15. The zero-order chi connectivity index (χ0) is 14.4. The van der Waals surface area contributed by atoms with Gasteiger partial charge >= 0.3 is 0 Å². The van der Waals surface area contributed by atoms with Crippen LogP contribution in [0.25, 0.3) is 0 Å². The average molecular weight is 321 g/mol. The molecule has 0 radical (unpaired) electrons. The van der Waals surface area contributed by atoms with Gasteiger partial charge < -0.3 is 20.1 Å². The largest absolute Gasteiger partial charge is 0.376 e. The van der Waals surface area contributed by atoms with E-state index in [-0.39, 0.29) is 30.5 Å². The lowest BCUT2D eigenvalue weighted by molar-refractivity contribution is -0.136. The standard InChI is InChI=1S/C15H28N2O3.ClH/c1-11-9-13(6-7-16-11)17-15(18)12(2)20-10-14-5-3-4-8-19-14;/h11-14,16H,3-10H2,1-2H3,(H,17,18);1H. The highest BCUT2D eigenvalue weighted by Gasteiger charge is 2.23. The van der Waals surface area contributed by atoms with Crippen LogP contribution in [0.3, 0.4) is 0 Å². The SMILES string of the molecule is CC1CC(NC(=O)C(C)OCC2CCCCO2)CCN1.Cl. The summed E-state index contributed by atoms with van der Waals surface area (Å²) in [6.07, 6.45) is 5.13. The Hall–Kier alpha value is -0.360. The molecule has 21 heavy (non-hydrogen) atoms. The van der Waals surface area contributed by atoms with Gasteiger partial charge in [-0.15, -0.1) is 12.4 Å². The van der Waals surface area contributed by atoms with E-state index in [4.69, 9.17) is 9.47 Å². The summed E-state index contributed by atoms with van der Waals surface area (Å²) >= 11 is 0. The molecule has 0 aromatic heterocycles. The lowest BCUT2D eigenvalue weighted by atomic mass is 10.0. The summed E-state index contributed by atoms with van der Waals surface area (Å²) in [6, 6.07) is 0.747. The van der Waals surface area contributed by atoms with Gasteiger partial charge in [-0.1, -0.05) is 0 Å². The number of hydrogen-bond donors (Lipinski definition) is 2. The number of hydrogen-bond acceptors (Lipinski definition) is 4. The smallest absolute Gasteiger partial charge is 0.249 e. The third kappa shape index (κ3) is 6.51. The quantitative estimate of drug-likeness (QED) is 0.808. The lowest BCUT2D eigenvalue weighted by Gasteiger charge is -2.30. The first kappa shape index (κ1) is 18.7. The Kier molecular flexibility index (Phi) is 8.56. The number of ether oxygens (including phenoxy) is 2. The second-order valence-electron chi connectivity index (χ2n) is 6.05. The van der Waals surface area contributed by atoms with Gasteiger partial charge in [-0.05, 0) is 52.5 Å². The van der Waals surface area contributed by atoms with Crippen LogP contribution in [-0.4, -0.2) is 50.0 Å². The Morgan fingerprint density at radius 3 is 2.90 bits per heavy atom. The molecule has 2 saturated heterocycles. The molecule has 0 aliphatic carbocycles. The molecule has 0 aromatic rings. The fourth-order valence-corrected chi connectivity index (χ4v) is 2.85. The van der Waals surface area contributed by atoms with E-state index >= 15 is 0 Å². The summed E-state index contributed by atoms with van der Waals surface area (Å²) < 4.78 is 11.3. The van der Waals surface area contributed by atoms with Crippen molar-refractivity contribution in [2.45, 2.75) is 70.2 Å². The molecule has 4 unspecified atom stereocenters. The summed E-state index contributed by atoms with van der Waals surface area (Å²) in [4.78, 5) is 12.1. The Morgan fingerprint density at radius 2 is 2.24 bits per heavy atom. The van der Waals surface area contributed by atoms with Crippen molar-refractivity contribution in [3.63, 3.8) is 0 Å². The highest BCUT2D eigenvalue weighted by atomic mass is 35.5. The topological polar surface area (TPSA) is 59.6 Å². The summed E-state index contributed by atoms with van der Waals surface area (Å²) in [5.74, 6) is -0.0000839. The van der Waals surface area contributed by atoms with Crippen molar-refractivity contribution in [2.24, 2.45) is 0 Å². The molecule has 0 bridgehead atoms. The van der Waals surface area contributed by atoms with Crippen molar-refractivity contribution in [2.75, 3.05) is 19.8 Å². The zero-order valence-electron chi connectivity index (χ0n) is 13.1. The van der Waals surface area contributed by atoms with E-state index < -0.39 is 6.10 Å². The molecule has 5 nitrogen and oxygen atoms in total. The highest BCUT2D eigenvalue weighted by Crippen LogP contribution is 2.14. The van der Waals surface area contributed by atoms with Crippen molar-refractivity contribution in [1.82, 2.24) is 10.6 Å². The van der Waals surface area contributed by atoms with Crippen molar-refractivity contribution >= 4 is 18.3 Å². The number of piperidine rings is 1. The molecule has 0 saturated carbocycles. The van der Waals surface area contributed by atoms with Crippen LogP contribution in [0.5, 0.6) is 0 Å². The summed E-state index contributed by atoms with van der Waals surface area (Å²) in [7, 11) is 0. The lowest BCUT2D eigenvalue weighted by Crippen LogP contribution is -2.49. The van der Waals surface area contributed by atoms with Crippen LogP contribution in [0, 0.1) is 0 Å². The van der Waals surface area contributed by atoms with Gasteiger partial charge in [0.1, 0.15) is 6.10 Å². The molecule has 2 N–H and O–H groups in total. The normalized spacial score (nSPS) is 31.0. The van der Waals surface area contributed by atoms with Gasteiger partial charge in [-0.25, -0.2) is 0 Å². The molecule has 6 heteroatoms. The van der Waals surface area contributed by atoms with Crippen LogP contribution >= 0.6 is 12.4 Å². The van der Waals surface area contributed by atoms with Gasteiger partial charge in [0, 0.05) is 18.7 Å². The van der Waals surface area contributed by atoms with Crippen molar-refractivity contribution in [3.05, 3.63) is 0 Å². The summed E-state index contributed by atoms with van der Waals surface area (Å²) in [5, 5.41) is 6.48. The van der Waals surface area contributed by atoms with E-state index in [1.54, 1.807) is 0 Å². The molecular formula is C15H29ClN2O3. The third-order valence-corrected chi connectivity index (χ3v) is 4.15. The second-order valence-corrected chi connectivity index (χ2v) is 6.05. The zero-order valence-corrected chi connectivity index (χ0v) is 13.9. The van der Waals surface area contributed by atoms with E-state index in [0.717, 1.165) is 38.8 Å². The summed E-state index contributed by atoms with van der Waals surface area (Å²) in [6.45, 7) is 6.29. The van der Waals surface area contributed by atoms with Gasteiger partial charge in [0.15, 0.2) is 0 Å². The van der Waals surface area contributed by atoms with Crippen LogP contribution in [0.4, 0.5) is 0 Å². The highest BCUT2D eigenvalue weighted by molar-refractivity contribution is 5.85. The maximum absolute atomic E-state index is 12.1. The van der Waals surface area contributed by atoms with Gasteiger partial charge in [0.05, 0.1) is 12.7 Å². The molecule has 4 atom stereocenters. The maximum atomic E-state index is 12.1. The van der Waals surface area contributed by atoms with E-state index in [1.807, 2.05) is 6.92 Å². The number of rotatable bonds is 5. The molecule has 124 valence electrons. The molecule has 2 heterocycles. The van der Waals surface area contributed by atoms with Gasteiger partial charge in [0.2, 0.25) is 5.91 Å². The molecule has 0 aromatic carbocycles. The first-order valence-electron chi connectivity index (χ1n) is 7.92. The van der Waals surface area contributed by atoms with Crippen LogP contribution in [0.1, 0.15) is 46.0 Å². The first-order chi connectivity index (χ1) is 9.65. The van der Waals surface area contributed by atoms with Crippen LogP contribution < -0.4 is 10.6 Å². The fraction of sp³-hybridized carbons (Fsp3) is 0.933. The van der Waals surface area contributed by atoms with Gasteiger partial charge in [-0.3, -0.25) is 4.79 Å². The van der Waals surface area contributed by atoms with E-state index in [1.165, 1.54) is 6.42 Å². The minimum absolute atomic E-state index is 0. The van der Waals surface area contributed by atoms with E-state index in [0.29, 0.717) is 12.6 Å². The van der Waals surface area contributed by atoms with Crippen molar-refractivity contribution in [1.29, 1.82) is 0 Å². The summed E-state index contributed by atoms with van der Waals surface area (Å²) in [5.41, 5.74) is 0. The van der Waals surface area contributed by atoms with Crippen LogP contribution in [0.15, 0.2) is 0 Å². The Morgan fingerprint density at radius 1 is 1.43 bits per heavy atom. The van der Waals surface area contributed by atoms with Gasteiger partial charge in [0.25, 0.3) is 0 Å². The second kappa shape index (κ2) is 9.62. The van der Waals surface area contributed by atoms with E-state index in [2.05, 4.69) is 17.6 Å². The number of amides is 1. The van der Waals surface area contributed by atoms with Gasteiger partial charge in [-0.2, -0.15) is 0 Å². The molecule has 1 amide bonds. The van der Waals surface area contributed by atoms with E-state index in [9.17, 15) is 4.79 Å². The Labute approximate surface area is 133 Å². The van der Waals surface area contributed by atoms with Crippen molar-refractivity contribution < 1.29 is 14.3 Å². The molecule has 2 fully saturated rings. The number of carbonyl (C=O) groups is 1. The predicted molar refractivity (Wildman–Crippen MR) is 84.9 cm³/mol. The minimum Gasteiger partial charge on any atom is -0.376 e. The van der Waals surface area contributed by atoms with Crippen LogP contribution in [-0.2, 0) is 14.3 Å². The Balaban J connectivity index is 0.00000220. The van der Waals surface area contributed by atoms with Crippen LogP contribution in [0.2, 0.25) is 0 Å². The number of carbonyl (C=O) groups excluding carboxylic acids is 1. The average Bonchev–Trinajstić information content (AvgIpc) is 2.46. The fourth-order valence-electron chi connectivity index (χ4n) is 2.85. The monoisotopic (exact) mass is 320 g/mol. The molecule has 2 rings (SSSR count).